The van der Waals surface area contributed by atoms with Crippen molar-refractivity contribution in [3.05, 3.63) is 58.7 Å². The number of aromatic carboxylic acids is 1. The molecule has 0 atom stereocenters. The zero-order valence-electron chi connectivity index (χ0n) is 26.0. The monoisotopic (exact) mass is 618 g/mol. The average molecular weight is 619 g/mol. The summed E-state index contributed by atoms with van der Waals surface area (Å²) in [6.07, 6.45) is 9.68. The summed E-state index contributed by atoms with van der Waals surface area (Å²) in [5.74, 6) is -0.0440. The number of carboxylic acid groups (broad SMARTS) is 1. The van der Waals surface area contributed by atoms with E-state index in [0.717, 1.165) is 107 Å². The molecule has 5 heterocycles. The number of piperazine rings is 1. The van der Waals surface area contributed by atoms with Gasteiger partial charge in [0.1, 0.15) is 5.69 Å². The van der Waals surface area contributed by atoms with Crippen molar-refractivity contribution >= 4 is 23.0 Å². The van der Waals surface area contributed by atoms with Crippen LogP contribution in [0.15, 0.2) is 42.9 Å². The highest BCUT2D eigenvalue weighted by molar-refractivity contribution is 5.85. The van der Waals surface area contributed by atoms with E-state index in [1.165, 1.54) is 7.11 Å². The Balaban J connectivity index is 0.993. The number of pyridine rings is 1. The molecule has 3 saturated heterocycles. The van der Waals surface area contributed by atoms with Gasteiger partial charge in [-0.05, 0) is 43.7 Å². The molecule has 3 aromatic rings. The molecule has 3 aliphatic heterocycles. The number of nitro groups is 1. The fraction of sp³-hybridized carbons (Fsp3) is 0.531. The molecule has 240 valence electrons. The van der Waals surface area contributed by atoms with E-state index in [-0.39, 0.29) is 22.1 Å². The third-order valence-corrected chi connectivity index (χ3v) is 9.70. The van der Waals surface area contributed by atoms with Crippen LogP contribution in [0, 0.1) is 16.0 Å². The third kappa shape index (κ3) is 6.89. The lowest BCUT2D eigenvalue weighted by atomic mass is 9.95. The Hall–Kier alpha value is -4.23. The second-order valence-electron chi connectivity index (χ2n) is 12.4. The topological polar surface area (TPSA) is 133 Å². The summed E-state index contributed by atoms with van der Waals surface area (Å²) in [6.45, 7) is 9.18. The van der Waals surface area contributed by atoms with E-state index in [4.69, 9.17) is 9.84 Å². The summed E-state index contributed by atoms with van der Waals surface area (Å²) in [7, 11) is 3.33. The molecule has 6 rings (SSSR count). The molecule has 13 heteroatoms. The molecule has 0 aliphatic carbocycles. The van der Waals surface area contributed by atoms with E-state index in [0.29, 0.717) is 12.0 Å². The number of aryl methyl sites for hydroxylation is 1. The van der Waals surface area contributed by atoms with Gasteiger partial charge in [-0.2, -0.15) is 5.10 Å². The van der Waals surface area contributed by atoms with E-state index in [9.17, 15) is 14.9 Å². The molecule has 1 N–H and O–H groups in total. The van der Waals surface area contributed by atoms with Crippen molar-refractivity contribution in [3.63, 3.8) is 0 Å². The number of carbonyl (C=O) groups is 1. The number of benzene rings is 1. The second-order valence-corrected chi connectivity index (χ2v) is 12.4. The summed E-state index contributed by atoms with van der Waals surface area (Å²) in [4.78, 5) is 36.5. The van der Waals surface area contributed by atoms with Crippen LogP contribution in [0.2, 0.25) is 0 Å². The number of hydrogen-bond acceptors (Lipinski definition) is 10. The maximum atomic E-state index is 11.8. The smallest absolute Gasteiger partial charge is 0.354 e. The molecule has 3 aliphatic rings. The van der Waals surface area contributed by atoms with Crippen molar-refractivity contribution in [2.75, 3.05) is 75.8 Å². The molecule has 0 saturated carbocycles. The minimum atomic E-state index is -0.996. The Labute approximate surface area is 263 Å². The van der Waals surface area contributed by atoms with Crippen molar-refractivity contribution in [1.29, 1.82) is 0 Å². The van der Waals surface area contributed by atoms with Gasteiger partial charge in [0.05, 0.1) is 30.1 Å². The lowest BCUT2D eigenvalue weighted by Gasteiger charge is -2.44. The third-order valence-electron chi connectivity index (χ3n) is 9.70. The van der Waals surface area contributed by atoms with Crippen LogP contribution in [0.4, 0.5) is 17.1 Å². The van der Waals surface area contributed by atoms with Gasteiger partial charge in [0.2, 0.25) is 0 Å². The van der Waals surface area contributed by atoms with Crippen molar-refractivity contribution < 1.29 is 19.6 Å². The molecular formula is C32H42N8O5. The number of aromatic nitrogens is 3. The quantitative estimate of drug-likeness (QED) is 0.279. The van der Waals surface area contributed by atoms with Gasteiger partial charge in [-0.3, -0.25) is 19.7 Å². The van der Waals surface area contributed by atoms with Gasteiger partial charge in [0.25, 0.3) is 0 Å². The summed E-state index contributed by atoms with van der Waals surface area (Å²) < 4.78 is 7.14. The Morgan fingerprint density at radius 2 is 1.71 bits per heavy atom. The first kappa shape index (κ1) is 30.8. The summed E-state index contributed by atoms with van der Waals surface area (Å²) in [5.41, 5.74) is 3.66. The van der Waals surface area contributed by atoms with Crippen LogP contribution >= 0.6 is 0 Å². The van der Waals surface area contributed by atoms with Crippen LogP contribution in [0.3, 0.4) is 0 Å². The lowest BCUT2D eigenvalue weighted by Crippen LogP contribution is -2.54. The van der Waals surface area contributed by atoms with Crippen LogP contribution in [-0.4, -0.2) is 113 Å². The highest BCUT2D eigenvalue weighted by Crippen LogP contribution is 2.41. The van der Waals surface area contributed by atoms with Gasteiger partial charge in [-0.15, -0.1) is 0 Å². The zero-order valence-corrected chi connectivity index (χ0v) is 26.0. The van der Waals surface area contributed by atoms with Crippen LogP contribution in [-0.2, 0) is 7.05 Å². The lowest BCUT2D eigenvalue weighted by molar-refractivity contribution is -0.385. The van der Waals surface area contributed by atoms with Crippen molar-refractivity contribution in [2.24, 2.45) is 13.0 Å². The molecule has 0 bridgehead atoms. The molecule has 0 amide bonds. The number of nitrogens with zero attached hydrogens (tertiary/aromatic N) is 8. The summed E-state index contributed by atoms with van der Waals surface area (Å²) in [5, 5.41) is 25.2. The molecule has 0 unspecified atom stereocenters. The number of hydrogen-bond donors (Lipinski definition) is 1. The first-order valence-corrected chi connectivity index (χ1v) is 15.8. The maximum absolute atomic E-state index is 11.8. The van der Waals surface area contributed by atoms with Crippen molar-refractivity contribution in [3.8, 4) is 16.9 Å². The number of anilines is 2. The summed E-state index contributed by atoms with van der Waals surface area (Å²) >= 11 is 0. The SMILES string of the molecule is COc1cc(N2CCC(N3CCN(CC4CCN(c5ccc(C(=O)O)nc5)CC4)CC3)CC2)c(-c2cnn(C)c2)cc1[N+](=O)[O-]. The molecule has 2 aromatic heterocycles. The first-order chi connectivity index (χ1) is 21.8. The fourth-order valence-corrected chi connectivity index (χ4v) is 7.14. The summed E-state index contributed by atoms with van der Waals surface area (Å²) in [6, 6.07) is 7.42. The van der Waals surface area contributed by atoms with E-state index in [1.807, 2.05) is 25.4 Å². The Kier molecular flexibility index (Phi) is 9.17. The highest BCUT2D eigenvalue weighted by Gasteiger charge is 2.31. The Bertz CT molecular complexity index is 1490. The van der Waals surface area contributed by atoms with Gasteiger partial charge < -0.3 is 24.5 Å². The van der Waals surface area contributed by atoms with Crippen molar-refractivity contribution in [1.82, 2.24) is 24.6 Å². The predicted molar refractivity (Wildman–Crippen MR) is 171 cm³/mol. The van der Waals surface area contributed by atoms with Gasteiger partial charge in [-0.1, -0.05) is 0 Å². The molecule has 0 radical (unpaired) electrons. The van der Waals surface area contributed by atoms with Crippen molar-refractivity contribution in [2.45, 2.75) is 31.7 Å². The maximum Gasteiger partial charge on any atom is 0.354 e. The molecule has 45 heavy (non-hydrogen) atoms. The van der Waals surface area contributed by atoms with Gasteiger partial charge in [-0.25, -0.2) is 9.78 Å². The first-order valence-electron chi connectivity index (χ1n) is 15.8. The predicted octanol–water partition coefficient (Wildman–Crippen LogP) is 3.60. The van der Waals surface area contributed by atoms with E-state index in [1.54, 1.807) is 29.2 Å². The zero-order chi connectivity index (χ0) is 31.5. The Morgan fingerprint density at radius 3 is 2.29 bits per heavy atom. The number of nitro benzene ring substituents is 1. The minimum Gasteiger partial charge on any atom is -0.490 e. The van der Waals surface area contributed by atoms with Crippen LogP contribution in [0.1, 0.15) is 36.2 Å². The second kappa shape index (κ2) is 13.4. The van der Waals surface area contributed by atoms with Crippen LogP contribution in [0.5, 0.6) is 5.75 Å². The molecule has 13 nitrogen and oxygen atoms in total. The fourth-order valence-electron chi connectivity index (χ4n) is 7.14. The number of methoxy groups -OCH3 is 1. The van der Waals surface area contributed by atoms with Crippen LogP contribution in [0.25, 0.3) is 11.1 Å². The molecule has 3 fully saturated rings. The Morgan fingerprint density at radius 1 is 1.00 bits per heavy atom. The van der Waals surface area contributed by atoms with Gasteiger partial charge in [0.15, 0.2) is 5.75 Å². The molecule has 0 spiro atoms. The standard InChI is InChI=1S/C32H42N8O5/c1-35-22-24(19-34-35)27-17-30(40(43)44)31(45-2)18-29(27)39-11-7-25(8-12-39)38-15-13-36(14-16-38)21-23-5-9-37(10-6-23)26-3-4-28(32(41)42)33-20-26/h3-4,17-20,22-23,25H,5-16,21H2,1-2H3,(H,41,42). The van der Waals surface area contributed by atoms with E-state index in [2.05, 4.69) is 29.7 Å². The number of ether oxygens (including phenoxy) is 1. The molecule has 1 aromatic carbocycles. The highest BCUT2D eigenvalue weighted by atomic mass is 16.6. The minimum absolute atomic E-state index is 0.0389. The van der Waals surface area contributed by atoms with Crippen LogP contribution < -0.4 is 14.5 Å². The number of rotatable bonds is 9. The average Bonchev–Trinajstić information content (AvgIpc) is 3.51. The van der Waals surface area contributed by atoms with E-state index < -0.39 is 5.97 Å². The largest absolute Gasteiger partial charge is 0.490 e. The van der Waals surface area contributed by atoms with Gasteiger partial charge in [0, 0.05) is 107 Å². The molecular weight excluding hydrogens is 576 g/mol. The number of piperidine rings is 2. The normalized spacial score (nSPS) is 19.2. The van der Waals surface area contributed by atoms with Gasteiger partial charge >= 0.3 is 11.7 Å². The number of carboxylic acids is 1. The van der Waals surface area contributed by atoms with E-state index >= 15 is 0 Å².